The van der Waals surface area contributed by atoms with Crippen molar-refractivity contribution in [3.05, 3.63) is 18.2 Å². The smallest absolute Gasteiger partial charge is 0.111 e. The fourth-order valence-electron chi connectivity index (χ4n) is 2.43. The van der Waals surface area contributed by atoms with Crippen LogP contribution in [-0.4, -0.2) is 20.3 Å². The van der Waals surface area contributed by atoms with E-state index in [4.69, 9.17) is 0 Å². The Morgan fingerprint density at radius 1 is 1.31 bits per heavy atom. The van der Waals surface area contributed by atoms with Crippen LogP contribution in [0.25, 0.3) is 0 Å². The maximum absolute atomic E-state index is 10.5. The minimum atomic E-state index is -0.533. The quantitative estimate of drug-likeness (QED) is 0.833. The van der Waals surface area contributed by atoms with E-state index in [0.29, 0.717) is 11.8 Å². The van der Waals surface area contributed by atoms with Gasteiger partial charge in [0.15, 0.2) is 0 Å². The lowest BCUT2D eigenvalue weighted by molar-refractivity contribution is -0.0269. The van der Waals surface area contributed by atoms with Gasteiger partial charge in [-0.1, -0.05) is 13.8 Å². The summed E-state index contributed by atoms with van der Waals surface area (Å²) in [5, 5.41) is 10.5. The molecule has 0 aliphatic heterocycles. The average molecular weight is 222 g/mol. The summed E-state index contributed by atoms with van der Waals surface area (Å²) >= 11 is 0. The third-order valence-corrected chi connectivity index (χ3v) is 3.94. The zero-order chi connectivity index (χ0) is 11.8. The van der Waals surface area contributed by atoms with E-state index in [0.717, 1.165) is 31.5 Å². The third kappa shape index (κ3) is 2.46. The zero-order valence-electron chi connectivity index (χ0n) is 10.5. The molecule has 1 fully saturated rings. The van der Waals surface area contributed by atoms with Gasteiger partial charge in [0.05, 0.1) is 5.60 Å². The molecule has 0 radical (unpaired) electrons. The number of nitrogens with zero attached hydrogens (tertiary/aromatic N) is 2. The van der Waals surface area contributed by atoms with Gasteiger partial charge in [0.1, 0.15) is 5.82 Å². The molecule has 0 amide bonds. The molecule has 1 aromatic rings. The average Bonchev–Trinajstić information content (AvgIpc) is 2.58. The van der Waals surface area contributed by atoms with Gasteiger partial charge in [-0.3, -0.25) is 0 Å². The Morgan fingerprint density at radius 3 is 2.44 bits per heavy atom. The molecule has 1 heterocycles. The Hall–Kier alpha value is -0.830. The Bertz CT molecular complexity index is 358. The second kappa shape index (κ2) is 3.88. The van der Waals surface area contributed by atoms with Gasteiger partial charge in [0.25, 0.3) is 0 Å². The van der Waals surface area contributed by atoms with Crippen molar-refractivity contribution >= 4 is 0 Å². The van der Waals surface area contributed by atoms with Crippen LogP contribution in [0.3, 0.4) is 0 Å². The van der Waals surface area contributed by atoms with Crippen molar-refractivity contribution in [1.29, 1.82) is 0 Å². The summed E-state index contributed by atoms with van der Waals surface area (Å²) in [6.07, 6.45) is 8.42. The molecule has 16 heavy (non-hydrogen) atoms. The van der Waals surface area contributed by atoms with Gasteiger partial charge in [-0.05, 0) is 31.1 Å². The number of aromatic nitrogens is 2. The van der Waals surface area contributed by atoms with E-state index in [1.54, 1.807) is 6.20 Å². The van der Waals surface area contributed by atoms with Crippen LogP contribution in [-0.2, 0) is 13.5 Å². The first kappa shape index (κ1) is 11.6. The Morgan fingerprint density at radius 2 is 1.94 bits per heavy atom. The van der Waals surface area contributed by atoms with Gasteiger partial charge in [-0.25, -0.2) is 4.98 Å². The molecule has 90 valence electrons. The van der Waals surface area contributed by atoms with Crippen LogP contribution in [0.2, 0.25) is 0 Å². The first-order chi connectivity index (χ1) is 7.40. The topological polar surface area (TPSA) is 38.0 Å². The molecule has 3 nitrogen and oxygen atoms in total. The van der Waals surface area contributed by atoms with Crippen molar-refractivity contribution in [3.8, 4) is 0 Å². The predicted octanol–water partition coefficient (Wildman–Crippen LogP) is 2.29. The van der Waals surface area contributed by atoms with E-state index in [1.807, 2.05) is 17.8 Å². The molecule has 0 bridgehead atoms. The van der Waals surface area contributed by atoms with Crippen LogP contribution in [0.15, 0.2) is 12.4 Å². The Labute approximate surface area is 97.5 Å². The molecular weight excluding hydrogens is 200 g/mol. The first-order valence-corrected chi connectivity index (χ1v) is 6.09. The van der Waals surface area contributed by atoms with Crippen LogP contribution >= 0.6 is 0 Å². The molecule has 1 aliphatic carbocycles. The molecular formula is C13H22N2O. The van der Waals surface area contributed by atoms with Gasteiger partial charge >= 0.3 is 0 Å². The lowest BCUT2D eigenvalue weighted by atomic mass is 9.70. The van der Waals surface area contributed by atoms with Crippen LogP contribution in [0, 0.1) is 5.41 Å². The predicted molar refractivity (Wildman–Crippen MR) is 64.1 cm³/mol. The molecule has 1 N–H and O–H groups in total. The first-order valence-electron chi connectivity index (χ1n) is 6.09. The van der Waals surface area contributed by atoms with Gasteiger partial charge in [-0.15, -0.1) is 0 Å². The van der Waals surface area contributed by atoms with E-state index in [1.165, 1.54) is 0 Å². The maximum atomic E-state index is 10.5. The van der Waals surface area contributed by atoms with Crippen molar-refractivity contribution in [3.63, 3.8) is 0 Å². The van der Waals surface area contributed by atoms with Crippen molar-refractivity contribution in [2.75, 3.05) is 0 Å². The highest BCUT2D eigenvalue weighted by molar-refractivity contribution is 5.00. The number of hydrogen-bond acceptors (Lipinski definition) is 2. The Kier molecular flexibility index (Phi) is 2.82. The summed E-state index contributed by atoms with van der Waals surface area (Å²) in [7, 11) is 1.98. The highest BCUT2D eigenvalue weighted by Crippen LogP contribution is 2.41. The van der Waals surface area contributed by atoms with Crippen LogP contribution in [0.5, 0.6) is 0 Å². The molecule has 1 saturated carbocycles. The lowest BCUT2D eigenvalue weighted by Gasteiger charge is -2.40. The monoisotopic (exact) mass is 222 g/mol. The van der Waals surface area contributed by atoms with Crippen molar-refractivity contribution in [1.82, 2.24) is 9.55 Å². The maximum Gasteiger partial charge on any atom is 0.111 e. The van der Waals surface area contributed by atoms with Crippen molar-refractivity contribution in [2.24, 2.45) is 12.5 Å². The number of aryl methyl sites for hydroxylation is 1. The Balaban J connectivity index is 2.03. The standard InChI is InChI=1S/C13H22N2O/c1-12(2)4-6-13(16,7-5-12)10-11-14-8-9-15(11)3/h8-9,16H,4-7,10H2,1-3H3. The van der Waals surface area contributed by atoms with Gasteiger partial charge < -0.3 is 9.67 Å². The van der Waals surface area contributed by atoms with Crippen LogP contribution in [0.1, 0.15) is 45.4 Å². The molecule has 1 aliphatic rings. The largest absolute Gasteiger partial charge is 0.389 e. The lowest BCUT2D eigenvalue weighted by Crippen LogP contribution is -2.39. The SMILES string of the molecule is Cn1ccnc1CC1(O)CCC(C)(C)CC1. The molecule has 0 spiro atoms. The fraction of sp³-hybridized carbons (Fsp3) is 0.769. The number of aliphatic hydroxyl groups is 1. The molecule has 2 rings (SSSR count). The minimum Gasteiger partial charge on any atom is -0.389 e. The van der Waals surface area contributed by atoms with E-state index < -0.39 is 5.60 Å². The van der Waals surface area contributed by atoms with Crippen molar-refractivity contribution in [2.45, 2.75) is 51.6 Å². The number of imidazole rings is 1. The highest BCUT2D eigenvalue weighted by Gasteiger charge is 2.37. The van der Waals surface area contributed by atoms with Crippen LogP contribution < -0.4 is 0 Å². The van der Waals surface area contributed by atoms with E-state index in [2.05, 4.69) is 18.8 Å². The second-order valence-corrected chi connectivity index (χ2v) is 6.02. The zero-order valence-corrected chi connectivity index (χ0v) is 10.5. The highest BCUT2D eigenvalue weighted by atomic mass is 16.3. The van der Waals surface area contributed by atoms with E-state index >= 15 is 0 Å². The van der Waals surface area contributed by atoms with E-state index in [9.17, 15) is 5.11 Å². The minimum absolute atomic E-state index is 0.397. The summed E-state index contributed by atoms with van der Waals surface area (Å²) in [5.74, 6) is 0.988. The fourth-order valence-corrected chi connectivity index (χ4v) is 2.43. The molecule has 0 aromatic carbocycles. The summed E-state index contributed by atoms with van der Waals surface area (Å²) < 4.78 is 2.00. The van der Waals surface area contributed by atoms with Crippen molar-refractivity contribution < 1.29 is 5.11 Å². The summed E-state index contributed by atoms with van der Waals surface area (Å²) in [5.41, 5.74) is -0.136. The summed E-state index contributed by atoms with van der Waals surface area (Å²) in [6.45, 7) is 4.57. The normalized spacial score (nSPS) is 23.2. The number of rotatable bonds is 2. The molecule has 0 saturated heterocycles. The van der Waals surface area contributed by atoms with Crippen LogP contribution in [0.4, 0.5) is 0 Å². The second-order valence-electron chi connectivity index (χ2n) is 6.02. The molecule has 1 aromatic heterocycles. The third-order valence-electron chi connectivity index (χ3n) is 3.94. The molecule has 3 heteroatoms. The van der Waals surface area contributed by atoms with Gasteiger partial charge in [-0.2, -0.15) is 0 Å². The molecule has 0 unspecified atom stereocenters. The molecule has 0 atom stereocenters. The summed E-state index contributed by atoms with van der Waals surface area (Å²) in [6, 6.07) is 0. The summed E-state index contributed by atoms with van der Waals surface area (Å²) in [4.78, 5) is 4.29. The van der Waals surface area contributed by atoms with Gasteiger partial charge in [0, 0.05) is 25.9 Å². The number of hydrogen-bond donors (Lipinski definition) is 1. The van der Waals surface area contributed by atoms with E-state index in [-0.39, 0.29) is 0 Å². The van der Waals surface area contributed by atoms with Gasteiger partial charge in [0.2, 0.25) is 0 Å².